The molecule has 2 aromatic rings. The van der Waals surface area contributed by atoms with E-state index in [0.29, 0.717) is 28.5 Å². The second kappa shape index (κ2) is 8.80. The van der Waals surface area contributed by atoms with E-state index in [1.165, 1.54) is 0 Å². The first-order chi connectivity index (χ1) is 11.5. The van der Waals surface area contributed by atoms with Gasteiger partial charge < -0.3 is 14.5 Å². The topological polar surface area (TPSA) is 62.1 Å². The van der Waals surface area contributed by atoms with E-state index in [1.54, 1.807) is 34.9 Å². The third kappa shape index (κ3) is 4.18. The molecule has 0 saturated carbocycles. The van der Waals surface area contributed by atoms with Crippen LogP contribution in [0.1, 0.15) is 47.1 Å². The molecule has 25 heavy (non-hydrogen) atoms. The monoisotopic (exact) mass is 381 g/mol. The van der Waals surface area contributed by atoms with E-state index >= 15 is 0 Å². The summed E-state index contributed by atoms with van der Waals surface area (Å²) >= 11 is 6.00. The minimum Gasteiger partial charge on any atom is -0.545 e. The number of nitrogens with zero attached hydrogens (tertiary/aromatic N) is 1. The van der Waals surface area contributed by atoms with Crippen molar-refractivity contribution in [2.24, 2.45) is 0 Å². The number of halogens is 1. The molecule has 1 aliphatic rings. The van der Waals surface area contributed by atoms with Crippen LogP contribution in [-0.2, 0) is 17.8 Å². The second-order valence-electron chi connectivity index (χ2n) is 5.86. The number of carboxylic acid groups (broad SMARTS) is 1. The van der Waals surface area contributed by atoms with Crippen molar-refractivity contribution in [2.45, 2.75) is 32.7 Å². The van der Waals surface area contributed by atoms with Gasteiger partial charge in [-0.2, -0.15) is 0 Å². The van der Waals surface area contributed by atoms with Gasteiger partial charge >= 0.3 is 51.4 Å². The van der Waals surface area contributed by atoms with Gasteiger partial charge in [-0.15, -0.1) is 0 Å². The molecule has 1 aromatic heterocycles. The summed E-state index contributed by atoms with van der Waals surface area (Å²) in [5, 5.41) is 11.8. The van der Waals surface area contributed by atoms with Crippen molar-refractivity contribution in [3.63, 3.8) is 0 Å². The Bertz CT molecular complexity index is 854. The molecule has 0 saturated heterocycles. The first-order valence-electron chi connectivity index (χ1n) is 7.97. The van der Waals surface area contributed by atoms with E-state index in [4.69, 9.17) is 11.6 Å². The number of rotatable bonds is 6. The molecule has 0 atom stereocenters. The fourth-order valence-electron chi connectivity index (χ4n) is 3.09. The Labute approximate surface area is 194 Å². The fraction of sp³-hybridized carbons (Fsp3) is 0.263. The van der Waals surface area contributed by atoms with E-state index in [9.17, 15) is 14.7 Å². The van der Waals surface area contributed by atoms with Crippen LogP contribution in [0.4, 0.5) is 0 Å². The van der Waals surface area contributed by atoms with E-state index < -0.39 is 5.97 Å². The molecule has 0 bridgehead atoms. The third-order valence-corrected chi connectivity index (χ3v) is 4.49. The largest absolute Gasteiger partial charge is 1.00 e. The molecule has 0 aliphatic carbocycles. The first kappa shape index (κ1) is 20.6. The van der Waals surface area contributed by atoms with Crippen molar-refractivity contribution in [2.75, 3.05) is 0 Å². The number of carbonyl (C=O) groups is 2. The third-order valence-electron chi connectivity index (χ3n) is 4.25. The van der Waals surface area contributed by atoms with Crippen LogP contribution in [0.3, 0.4) is 0 Å². The van der Waals surface area contributed by atoms with Crippen molar-refractivity contribution in [3.8, 4) is 0 Å². The number of aryl methyl sites for hydroxylation is 1. The van der Waals surface area contributed by atoms with Crippen LogP contribution in [0.2, 0.25) is 5.02 Å². The van der Waals surface area contributed by atoms with Crippen LogP contribution >= 0.6 is 11.6 Å². The van der Waals surface area contributed by atoms with Crippen molar-refractivity contribution in [3.05, 3.63) is 63.9 Å². The Kier molecular flexibility index (Phi) is 7.25. The van der Waals surface area contributed by atoms with Crippen molar-refractivity contribution >= 4 is 28.9 Å². The van der Waals surface area contributed by atoms with Gasteiger partial charge in [-0.3, -0.25) is 4.79 Å². The van der Waals surface area contributed by atoms with Gasteiger partial charge in [-0.05, 0) is 36.6 Å². The summed E-state index contributed by atoms with van der Waals surface area (Å²) in [5.41, 5.74) is 2.63. The minimum atomic E-state index is -1.21. The van der Waals surface area contributed by atoms with Gasteiger partial charge in [-0.25, -0.2) is 0 Å². The smallest absolute Gasteiger partial charge is 0.545 e. The number of fused-ring (bicyclic) bond motifs is 1. The minimum absolute atomic E-state index is 0. The maximum atomic E-state index is 13.0. The molecule has 0 N–H and O–H groups in total. The fourth-order valence-corrected chi connectivity index (χ4v) is 3.28. The SMILES string of the molecule is CCCCc1cc2n(c1C(=O)c1cccc(Cl)c1)CC=C2C(=O)[O-].[K+]. The van der Waals surface area contributed by atoms with E-state index in [1.807, 2.05) is 6.07 Å². The van der Waals surface area contributed by atoms with Crippen LogP contribution < -0.4 is 56.5 Å². The standard InChI is InChI=1S/C19H18ClNO3.K/c1-2-3-5-12-11-16-15(19(23)24)8-9-21(16)17(12)18(22)13-6-4-7-14(20)10-13;/h4,6-8,10-11H,2-3,5,9H2,1H3,(H,23,24);/q;+1/p-1. The van der Waals surface area contributed by atoms with Crippen molar-refractivity contribution in [1.29, 1.82) is 0 Å². The number of allylic oxidation sites excluding steroid dienone is 1. The summed E-state index contributed by atoms with van der Waals surface area (Å²) in [6.07, 6.45) is 4.25. The molecule has 1 aromatic carbocycles. The molecule has 0 radical (unpaired) electrons. The number of benzene rings is 1. The average Bonchev–Trinajstić information content (AvgIpc) is 3.10. The quantitative estimate of drug-likeness (QED) is 0.517. The zero-order valence-electron chi connectivity index (χ0n) is 14.3. The summed E-state index contributed by atoms with van der Waals surface area (Å²) in [5.74, 6) is -1.35. The van der Waals surface area contributed by atoms with Gasteiger partial charge in [0.2, 0.25) is 5.78 Å². The zero-order chi connectivity index (χ0) is 17.3. The summed E-state index contributed by atoms with van der Waals surface area (Å²) in [6, 6.07) is 8.62. The van der Waals surface area contributed by atoms with Gasteiger partial charge in [0.15, 0.2) is 0 Å². The molecule has 0 spiro atoms. The van der Waals surface area contributed by atoms with Crippen molar-refractivity contribution in [1.82, 2.24) is 4.57 Å². The number of carboxylic acids is 1. The molecular weight excluding hydrogens is 365 g/mol. The molecule has 0 fully saturated rings. The Morgan fingerprint density at radius 1 is 1.28 bits per heavy atom. The van der Waals surface area contributed by atoms with E-state index in [-0.39, 0.29) is 62.7 Å². The molecule has 6 heteroatoms. The van der Waals surface area contributed by atoms with Crippen molar-refractivity contribution < 1.29 is 66.1 Å². The number of unbranched alkanes of at least 4 members (excludes halogenated alkanes) is 1. The number of carbonyl (C=O) groups excluding carboxylic acids is 2. The Morgan fingerprint density at radius 3 is 2.68 bits per heavy atom. The van der Waals surface area contributed by atoms with Crippen LogP contribution in [0.25, 0.3) is 5.57 Å². The molecule has 0 unspecified atom stereocenters. The maximum Gasteiger partial charge on any atom is 1.00 e. The predicted octanol–water partition coefficient (Wildman–Crippen LogP) is -0.134. The maximum absolute atomic E-state index is 13.0. The van der Waals surface area contributed by atoms with Crippen LogP contribution in [0.15, 0.2) is 36.4 Å². The molecule has 4 nitrogen and oxygen atoms in total. The van der Waals surface area contributed by atoms with Crippen LogP contribution in [0, 0.1) is 0 Å². The normalized spacial score (nSPS) is 12.3. The predicted molar refractivity (Wildman–Crippen MR) is 90.9 cm³/mol. The molecular formula is C19H17ClKNO3. The van der Waals surface area contributed by atoms with Crippen LogP contribution in [-0.4, -0.2) is 16.3 Å². The Morgan fingerprint density at radius 2 is 2.04 bits per heavy atom. The molecule has 124 valence electrons. The Hall–Kier alpha value is -0.694. The van der Waals surface area contributed by atoms with Gasteiger partial charge in [0.1, 0.15) is 0 Å². The number of aromatic nitrogens is 1. The molecule has 1 aliphatic heterocycles. The molecule has 2 heterocycles. The summed E-state index contributed by atoms with van der Waals surface area (Å²) in [7, 11) is 0. The summed E-state index contributed by atoms with van der Waals surface area (Å²) in [6.45, 7) is 2.45. The number of hydrogen-bond acceptors (Lipinski definition) is 3. The number of hydrogen-bond donors (Lipinski definition) is 0. The van der Waals surface area contributed by atoms with Gasteiger partial charge in [0.25, 0.3) is 0 Å². The number of aliphatic carboxylic acids is 1. The molecule has 0 amide bonds. The van der Waals surface area contributed by atoms with Gasteiger partial charge in [-0.1, -0.05) is 43.2 Å². The van der Waals surface area contributed by atoms with Crippen LogP contribution in [0.5, 0.6) is 0 Å². The first-order valence-corrected chi connectivity index (χ1v) is 8.35. The summed E-state index contributed by atoms with van der Waals surface area (Å²) < 4.78 is 1.76. The second-order valence-corrected chi connectivity index (χ2v) is 6.30. The van der Waals surface area contributed by atoms with E-state index in [0.717, 1.165) is 24.8 Å². The average molecular weight is 382 g/mol. The van der Waals surface area contributed by atoms with Gasteiger partial charge in [0.05, 0.1) is 17.4 Å². The number of ketones is 1. The van der Waals surface area contributed by atoms with Gasteiger partial charge in [0, 0.05) is 22.7 Å². The Balaban J connectivity index is 0.00000225. The zero-order valence-corrected chi connectivity index (χ0v) is 18.2. The summed E-state index contributed by atoms with van der Waals surface area (Å²) in [4.78, 5) is 24.3. The van der Waals surface area contributed by atoms with E-state index in [2.05, 4.69) is 6.92 Å². The molecule has 3 rings (SSSR count).